The van der Waals surface area contributed by atoms with E-state index in [1.54, 1.807) is 0 Å². The Morgan fingerprint density at radius 3 is 2.87 bits per heavy atom. The molecule has 3 N–H and O–H groups in total. The SMILES string of the molecule is CC1CC1c1ccc(C(CN)CCO)o1. The minimum Gasteiger partial charge on any atom is -0.465 e. The van der Waals surface area contributed by atoms with E-state index in [1.165, 1.54) is 6.42 Å². The van der Waals surface area contributed by atoms with E-state index in [0.29, 0.717) is 18.9 Å². The molecule has 1 aliphatic carbocycles. The lowest BCUT2D eigenvalue weighted by Gasteiger charge is -2.09. The average molecular weight is 209 g/mol. The van der Waals surface area contributed by atoms with Crippen LogP contribution in [-0.4, -0.2) is 18.3 Å². The zero-order valence-electron chi connectivity index (χ0n) is 9.15. The van der Waals surface area contributed by atoms with Crippen molar-refractivity contribution < 1.29 is 9.52 Å². The molecule has 1 aliphatic rings. The van der Waals surface area contributed by atoms with Gasteiger partial charge in [-0.25, -0.2) is 0 Å². The first-order valence-electron chi connectivity index (χ1n) is 5.66. The summed E-state index contributed by atoms with van der Waals surface area (Å²) in [5, 5.41) is 8.90. The fourth-order valence-corrected chi connectivity index (χ4v) is 2.04. The van der Waals surface area contributed by atoms with Crippen LogP contribution < -0.4 is 5.73 Å². The van der Waals surface area contributed by atoms with Crippen molar-refractivity contribution in [3.8, 4) is 0 Å². The van der Waals surface area contributed by atoms with Gasteiger partial charge in [-0.15, -0.1) is 0 Å². The summed E-state index contributed by atoms with van der Waals surface area (Å²) in [6.45, 7) is 2.94. The van der Waals surface area contributed by atoms with E-state index < -0.39 is 0 Å². The van der Waals surface area contributed by atoms with E-state index in [-0.39, 0.29) is 12.5 Å². The molecular weight excluding hydrogens is 190 g/mol. The molecule has 1 heterocycles. The monoisotopic (exact) mass is 209 g/mol. The highest BCUT2D eigenvalue weighted by molar-refractivity contribution is 5.19. The van der Waals surface area contributed by atoms with E-state index in [4.69, 9.17) is 15.3 Å². The Bertz CT molecular complexity index is 321. The minimum atomic E-state index is 0.164. The molecule has 0 spiro atoms. The van der Waals surface area contributed by atoms with Crippen molar-refractivity contribution in [1.82, 2.24) is 0 Å². The molecule has 1 fully saturated rings. The predicted molar refractivity (Wildman–Crippen MR) is 58.7 cm³/mol. The van der Waals surface area contributed by atoms with E-state index >= 15 is 0 Å². The molecular formula is C12H19NO2. The number of hydrogen-bond acceptors (Lipinski definition) is 3. The Morgan fingerprint density at radius 1 is 1.60 bits per heavy atom. The van der Waals surface area contributed by atoms with Crippen molar-refractivity contribution in [1.29, 1.82) is 0 Å². The second-order valence-corrected chi connectivity index (χ2v) is 4.50. The van der Waals surface area contributed by atoms with Gasteiger partial charge in [0.1, 0.15) is 11.5 Å². The van der Waals surface area contributed by atoms with Gasteiger partial charge in [0.15, 0.2) is 0 Å². The Labute approximate surface area is 90.3 Å². The number of aliphatic hydroxyl groups is 1. The summed E-state index contributed by atoms with van der Waals surface area (Å²) in [5.74, 6) is 3.57. The van der Waals surface area contributed by atoms with Crippen LogP contribution in [0.5, 0.6) is 0 Å². The molecule has 0 saturated heterocycles. The lowest BCUT2D eigenvalue weighted by molar-refractivity contribution is 0.267. The molecule has 1 aromatic heterocycles. The van der Waals surface area contributed by atoms with Crippen LogP contribution in [0.15, 0.2) is 16.5 Å². The molecule has 1 saturated carbocycles. The van der Waals surface area contributed by atoms with Crippen molar-refractivity contribution >= 4 is 0 Å². The minimum absolute atomic E-state index is 0.164. The molecule has 84 valence electrons. The molecule has 3 unspecified atom stereocenters. The van der Waals surface area contributed by atoms with Crippen LogP contribution >= 0.6 is 0 Å². The van der Waals surface area contributed by atoms with Gasteiger partial charge >= 0.3 is 0 Å². The molecule has 0 amide bonds. The topological polar surface area (TPSA) is 59.4 Å². The van der Waals surface area contributed by atoms with Gasteiger partial charge in [0.2, 0.25) is 0 Å². The molecule has 3 heteroatoms. The summed E-state index contributed by atoms with van der Waals surface area (Å²) in [5.41, 5.74) is 5.65. The Morgan fingerprint density at radius 2 is 2.33 bits per heavy atom. The second-order valence-electron chi connectivity index (χ2n) is 4.50. The fourth-order valence-electron chi connectivity index (χ4n) is 2.04. The second kappa shape index (κ2) is 4.37. The maximum atomic E-state index is 8.90. The van der Waals surface area contributed by atoms with Gasteiger partial charge in [-0.05, 0) is 30.9 Å². The van der Waals surface area contributed by atoms with Crippen LogP contribution in [0.25, 0.3) is 0 Å². The van der Waals surface area contributed by atoms with Crippen molar-refractivity contribution in [2.75, 3.05) is 13.2 Å². The zero-order chi connectivity index (χ0) is 10.8. The first kappa shape index (κ1) is 10.7. The first-order chi connectivity index (χ1) is 7.26. The highest BCUT2D eigenvalue weighted by Gasteiger charge is 2.36. The number of furan rings is 1. The van der Waals surface area contributed by atoms with E-state index in [1.807, 2.05) is 6.07 Å². The first-order valence-corrected chi connectivity index (χ1v) is 5.66. The maximum absolute atomic E-state index is 8.90. The third kappa shape index (κ3) is 2.24. The summed E-state index contributed by atoms with van der Waals surface area (Å²) in [7, 11) is 0. The number of rotatable bonds is 5. The summed E-state index contributed by atoms with van der Waals surface area (Å²) in [4.78, 5) is 0. The van der Waals surface area contributed by atoms with Gasteiger partial charge in [0, 0.05) is 25.0 Å². The molecule has 0 aliphatic heterocycles. The molecule has 3 atom stereocenters. The van der Waals surface area contributed by atoms with Crippen molar-refractivity contribution in [3.63, 3.8) is 0 Å². The number of hydrogen-bond donors (Lipinski definition) is 2. The van der Waals surface area contributed by atoms with Crippen molar-refractivity contribution in [3.05, 3.63) is 23.7 Å². The van der Waals surface area contributed by atoms with Gasteiger partial charge in [0.05, 0.1) is 0 Å². The van der Waals surface area contributed by atoms with Gasteiger partial charge in [-0.1, -0.05) is 6.92 Å². The molecule has 0 bridgehead atoms. The maximum Gasteiger partial charge on any atom is 0.108 e. The third-order valence-electron chi connectivity index (χ3n) is 3.29. The van der Waals surface area contributed by atoms with Crippen molar-refractivity contribution in [2.45, 2.75) is 31.6 Å². The standard InChI is InChI=1S/C12H19NO2/c1-8-6-10(8)12-3-2-11(15-12)9(7-13)4-5-14/h2-3,8-10,14H,4-7,13H2,1H3. The lowest BCUT2D eigenvalue weighted by atomic mass is 10.0. The van der Waals surface area contributed by atoms with Crippen molar-refractivity contribution in [2.24, 2.45) is 11.7 Å². The molecule has 3 nitrogen and oxygen atoms in total. The Balaban J connectivity index is 2.04. The van der Waals surface area contributed by atoms with E-state index in [0.717, 1.165) is 17.4 Å². The summed E-state index contributed by atoms with van der Waals surface area (Å²) >= 11 is 0. The fraction of sp³-hybridized carbons (Fsp3) is 0.667. The molecule has 0 aromatic carbocycles. The van der Waals surface area contributed by atoms with Crippen LogP contribution in [0.2, 0.25) is 0 Å². The molecule has 0 radical (unpaired) electrons. The van der Waals surface area contributed by atoms with E-state index in [2.05, 4.69) is 13.0 Å². The van der Waals surface area contributed by atoms with Crippen LogP contribution in [0.4, 0.5) is 0 Å². The zero-order valence-corrected chi connectivity index (χ0v) is 9.15. The normalized spacial score (nSPS) is 26.6. The quantitative estimate of drug-likeness (QED) is 0.777. The molecule has 1 aromatic rings. The Kier molecular flexibility index (Phi) is 3.12. The highest BCUT2D eigenvalue weighted by Crippen LogP contribution is 2.47. The van der Waals surface area contributed by atoms with Gasteiger partial charge in [0.25, 0.3) is 0 Å². The van der Waals surface area contributed by atoms with Crippen LogP contribution in [-0.2, 0) is 0 Å². The lowest BCUT2D eigenvalue weighted by Crippen LogP contribution is -2.13. The Hall–Kier alpha value is -0.800. The van der Waals surface area contributed by atoms with Crippen LogP contribution in [0, 0.1) is 5.92 Å². The largest absolute Gasteiger partial charge is 0.465 e. The predicted octanol–water partition coefficient (Wildman–Crippen LogP) is 1.83. The summed E-state index contributed by atoms with van der Waals surface area (Å²) in [6, 6.07) is 4.07. The summed E-state index contributed by atoms with van der Waals surface area (Å²) < 4.78 is 5.79. The van der Waals surface area contributed by atoms with E-state index in [9.17, 15) is 0 Å². The van der Waals surface area contributed by atoms with Gasteiger partial charge in [-0.3, -0.25) is 0 Å². The van der Waals surface area contributed by atoms with Crippen LogP contribution in [0.1, 0.15) is 43.1 Å². The number of aliphatic hydroxyl groups excluding tert-OH is 1. The van der Waals surface area contributed by atoms with Gasteiger partial charge < -0.3 is 15.3 Å². The molecule has 15 heavy (non-hydrogen) atoms. The third-order valence-corrected chi connectivity index (χ3v) is 3.29. The summed E-state index contributed by atoms with van der Waals surface area (Å²) in [6.07, 6.45) is 1.92. The highest BCUT2D eigenvalue weighted by atomic mass is 16.3. The number of nitrogens with two attached hydrogens (primary N) is 1. The molecule has 2 rings (SSSR count). The smallest absolute Gasteiger partial charge is 0.108 e. The van der Waals surface area contributed by atoms with Gasteiger partial charge in [-0.2, -0.15) is 0 Å². The van der Waals surface area contributed by atoms with Crippen LogP contribution in [0.3, 0.4) is 0 Å². The average Bonchev–Trinajstić information content (AvgIpc) is 2.80.